The topological polar surface area (TPSA) is 103 Å². The third-order valence-corrected chi connectivity index (χ3v) is 4.28. The van der Waals surface area contributed by atoms with Crippen LogP contribution >= 0.6 is 12.4 Å². The molecule has 1 fully saturated rings. The van der Waals surface area contributed by atoms with Gasteiger partial charge in [-0.05, 0) is 50.2 Å². The Morgan fingerprint density at radius 2 is 1.88 bits per heavy atom. The van der Waals surface area contributed by atoms with Crippen molar-refractivity contribution in [3.8, 4) is 5.75 Å². The maximum atomic E-state index is 12.0. The van der Waals surface area contributed by atoms with Crippen LogP contribution in [0.2, 0.25) is 0 Å². The predicted octanol–water partition coefficient (Wildman–Crippen LogP) is 0.718. The van der Waals surface area contributed by atoms with E-state index < -0.39 is 5.91 Å². The van der Waals surface area contributed by atoms with Crippen molar-refractivity contribution in [3.05, 3.63) is 29.8 Å². The zero-order valence-corrected chi connectivity index (χ0v) is 15.2. The smallest absolute Gasteiger partial charge is 0.257 e. The van der Waals surface area contributed by atoms with Crippen molar-refractivity contribution in [2.75, 3.05) is 40.0 Å². The summed E-state index contributed by atoms with van der Waals surface area (Å²) in [6.45, 7) is 3.00. The van der Waals surface area contributed by atoms with Gasteiger partial charge in [-0.1, -0.05) is 0 Å². The van der Waals surface area contributed by atoms with E-state index in [0.717, 1.165) is 25.9 Å². The second-order valence-electron chi connectivity index (χ2n) is 6.14. The van der Waals surface area contributed by atoms with E-state index in [9.17, 15) is 9.59 Å². The Bertz CT molecular complexity index is 554. The molecule has 2 amide bonds. The van der Waals surface area contributed by atoms with Crippen molar-refractivity contribution in [3.63, 3.8) is 0 Å². The molecule has 1 aliphatic heterocycles. The second kappa shape index (κ2) is 10.2. The van der Waals surface area contributed by atoms with E-state index in [2.05, 4.69) is 10.6 Å². The molecule has 25 heavy (non-hydrogen) atoms. The summed E-state index contributed by atoms with van der Waals surface area (Å²) in [4.78, 5) is 23.0. The van der Waals surface area contributed by atoms with Crippen LogP contribution in [0.15, 0.2) is 24.3 Å². The second-order valence-corrected chi connectivity index (χ2v) is 6.14. The number of halogens is 1. The molecule has 1 aromatic rings. The fraction of sp³-hybridized carbons (Fsp3) is 0.529. The Balaban J connectivity index is 0.00000312. The molecule has 1 aliphatic rings. The molecule has 0 radical (unpaired) electrons. The lowest BCUT2D eigenvalue weighted by Gasteiger charge is -2.37. The zero-order valence-electron chi connectivity index (χ0n) is 14.4. The van der Waals surface area contributed by atoms with Crippen LogP contribution < -0.4 is 21.1 Å². The van der Waals surface area contributed by atoms with E-state index >= 15 is 0 Å². The molecule has 140 valence electrons. The van der Waals surface area contributed by atoms with Gasteiger partial charge in [-0.15, -0.1) is 12.4 Å². The Morgan fingerprint density at radius 3 is 2.44 bits per heavy atom. The first-order valence-electron chi connectivity index (χ1n) is 8.04. The predicted molar refractivity (Wildman–Crippen MR) is 97.1 cm³/mol. The minimum absolute atomic E-state index is 0. The first kappa shape index (κ1) is 21.2. The van der Waals surface area contributed by atoms with Crippen molar-refractivity contribution < 1.29 is 19.1 Å². The van der Waals surface area contributed by atoms with Gasteiger partial charge >= 0.3 is 0 Å². The molecule has 1 saturated heterocycles. The summed E-state index contributed by atoms with van der Waals surface area (Å²) < 4.78 is 10.8. The summed E-state index contributed by atoms with van der Waals surface area (Å²) in [6, 6.07) is 6.37. The number of nitrogens with two attached hydrogens (primary N) is 1. The summed E-state index contributed by atoms with van der Waals surface area (Å²) in [5.74, 6) is -0.156. The molecular formula is C17H26ClN3O4. The lowest BCUT2D eigenvalue weighted by atomic mass is 9.79. The number of nitrogens with one attached hydrogen (secondary N) is 2. The summed E-state index contributed by atoms with van der Waals surface area (Å²) in [5.41, 5.74) is 5.56. The highest BCUT2D eigenvalue weighted by molar-refractivity contribution is 5.92. The van der Waals surface area contributed by atoms with E-state index in [0.29, 0.717) is 24.5 Å². The number of piperidine rings is 1. The van der Waals surface area contributed by atoms with E-state index in [1.54, 1.807) is 31.4 Å². The van der Waals surface area contributed by atoms with Gasteiger partial charge in [0.05, 0.1) is 6.61 Å². The third-order valence-electron chi connectivity index (χ3n) is 4.28. The minimum Gasteiger partial charge on any atom is -0.484 e. The number of primary amides is 1. The number of carbonyl (C=O) groups is 2. The maximum absolute atomic E-state index is 12.0. The molecule has 0 aliphatic carbocycles. The zero-order chi connectivity index (χ0) is 17.4. The highest BCUT2D eigenvalue weighted by Crippen LogP contribution is 2.28. The highest BCUT2D eigenvalue weighted by Gasteiger charge is 2.32. The van der Waals surface area contributed by atoms with Crippen molar-refractivity contribution >= 4 is 24.2 Å². The number of benzene rings is 1. The Morgan fingerprint density at radius 1 is 1.24 bits per heavy atom. The normalized spacial score (nSPS) is 15.7. The lowest BCUT2D eigenvalue weighted by Crippen LogP contribution is -2.47. The van der Waals surface area contributed by atoms with E-state index in [1.807, 2.05) is 0 Å². The standard InChI is InChI=1S/C17H25N3O4.ClH/c1-23-12-17(6-8-19-9-7-17)11-20-15(21)10-24-14-4-2-13(3-5-14)16(18)22;/h2-5,19H,6-12H2,1H3,(H2,18,22)(H,20,21);1H. The van der Waals surface area contributed by atoms with Crippen LogP contribution in [0.5, 0.6) is 5.75 Å². The van der Waals surface area contributed by atoms with Crippen molar-refractivity contribution in [1.29, 1.82) is 0 Å². The molecular weight excluding hydrogens is 346 g/mol. The van der Waals surface area contributed by atoms with Gasteiger partial charge in [-0.25, -0.2) is 0 Å². The van der Waals surface area contributed by atoms with E-state index in [-0.39, 0.29) is 30.3 Å². The minimum atomic E-state index is -0.496. The van der Waals surface area contributed by atoms with Gasteiger partial charge in [-0.3, -0.25) is 9.59 Å². The third kappa shape index (κ3) is 6.53. The fourth-order valence-electron chi connectivity index (χ4n) is 2.84. The molecule has 2 rings (SSSR count). The van der Waals surface area contributed by atoms with Gasteiger partial charge in [0, 0.05) is 24.6 Å². The Labute approximate surface area is 154 Å². The average molecular weight is 372 g/mol. The molecule has 0 aromatic heterocycles. The molecule has 1 heterocycles. The Kier molecular flexibility index (Phi) is 8.68. The molecule has 0 spiro atoms. The molecule has 0 saturated carbocycles. The lowest BCUT2D eigenvalue weighted by molar-refractivity contribution is -0.124. The van der Waals surface area contributed by atoms with Gasteiger partial charge in [-0.2, -0.15) is 0 Å². The van der Waals surface area contributed by atoms with Crippen LogP contribution in [0.1, 0.15) is 23.2 Å². The first-order chi connectivity index (χ1) is 11.5. The van der Waals surface area contributed by atoms with Crippen molar-refractivity contribution in [2.24, 2.45) is 11.1 Å². The summed E-state index contributed by atoms with van der Waals surface area (Å²) in [6.07, 6.45) is 1.94. The average Bonchev–Trinajstić information content (AvgIpc) is 2.60. The number of amides is 2. The van der Waals surface area contributed by atoms with Gasteiger partial charge < -0.3 is 25.8 Å². The highest BCUT2D eigenvalue weighted by atomic mass is 35.5. The van der Waals surface area contributed by atoms with Crippen LogP contribution in [-0.2, 0) is 9.53 Å². The number of hydrogen-bond acceptors (Lipinski definition) is 5. The van der Waals surface area contributed by atoms with Crippen LogP contribution in [0.4, 0.5) is 0 Å². The van der Waals surface area contributed by atoms with Crippen molar-refractivity contribution in [2.45, 2.75) is 12.8 Å². The fourth-order valence-corrected chi connectivity index (χ4v) is 2.84. The molecule has 0 atom stereocenters. The number of hydrogen-bond donors (Lipinski definition) is 3. The van der Waals surface area contributed by atoms with Crippen LogP contribution in [0, 0.1) is 5.41 Å². The molecule has 0 bridgehead atoms. The summed E-state index contributed by atoms with van der Waals surface area (Å²) >= 11 is 0. The van der Waals surface area contributed by atoms with Crippen LogP contribution in [0.25, 0.3) is 0 Å². The number of methoxy groups -OCH3 is 1. The number of rotatable bonds is 8. The van der Waals surface area contributed by atoms with Crippen LogP contribution in [0.3, 0.4) is 0 Å². The van der Waals surface area contributed by atoms with Gasteiger partial charge in [0.15, 0.2) is 6.61 Å². The maximum Gasteiger partial charge on any atom is 0.257 e. The van der Waals surface area contributed by atoms with E-state index in [1.165, 1.54) is 0 Å². The van der Waals surface area contributed by atoms with Crippen molar-refractivity contribution in [1.82, 2.24) is 10.6 Å². The quantitative estimate of drug-likeness (QED) is 0.624. The molecule has 0 unspecified atom stereocenters. The summed E-state index contributed by atoms with van der Waals surface area (Å²) in [7, 11) is 1.68. The van der Waals surface area contributed by atoms with Crippen LogP contribution in [-0.4, -0.2) is 51.8 Å². The Hall–Kier alpha value is -1.83. The van der Waals surface area contributed by atoms with Gasteiger partial charge in [0.2, 0.25) is 5.91 Å². The van der Waals surface area contributed by atoms with E-state index in [4.69, 9.17) is 15.2 Å². The molecule has 7 nitrogen and oxygen atoms in total. The molecule has 4 N–H and O–H groups in total. The largest absolute Gasteiger partial charge is 0.484 e. The molecule has 1 aromatic carbocycles. The monoisotopic (exact) mass is 371 g/mol. The number of ether oxygens (including phenoxy) is 2. The van der Waals surface area contributed by atoms with Gasteiger partial charge in [0.1, 0.15) is 5.75 Å². The molecule has 8 heteroatoms. The first-order valence-corrected chi connectivity index (χ1v) is 8.04. The summed E-state index contributed by atoms with van der Waals surface area (Å²) in [5, 5.41) is 6.25. The number of carbonyl (C=O) groups excluding carboxylic acids is 2. The SMILES string of the molecule is COCC1(CNC(=O)COc2ccc(C(N)=O)cc2)CCNCC1.Cl. The van der Waals surface area contributed by atoms with Gasteiger partial charge in [0.25, 0.3) is 5.91 Å².